The first-order valence-corrected chi connectivity index (χ1v) is 14.9. The van der Waals surface area contributed by atoms with Crippen LogP contribution in [0.15, 0.2) is 71.6 Å². The highest BCUT2D eigenvalue weighted by Gasteiger charge is 2.33. The van der Waals surface area contributed by atoms with Crippen LogP contribution >= 0.6 is 11.6 Å². The van der Waals surface area contributed by atoms with Crippen LogP contribution < -0.4 is 4.74 Å². The highest BCUT2D eigenvalue weighted by Crippen LogP contribution is 2.45. The lowest BCUT2D eigenvalue weighted by atomic mass is 9.86. The summed E-state index contributed by atoms with van der Waals surface area (Å²) in [5.41, 5.74) is 6.61. The summed E-state index contributed by atoms with van der Waals surface area (Å²) in [5.74, 6) is 0.867. The maximum Gasteiger partial charge on any atom is 0.297 e. The van der Waals surface area contributed by atoms with E-state index in [1.54, 1.807) is 35.0 Å². The molecule has 0 saturated heterocycles. The molecule has 0 amide bonds. The summed E-state index contributed by atoms with van der Waals surface area (Å²) in [6, 6.07) is 19.4. The Kier molecular flexibility index (Phi) is 6.72. The summed E-state index contributed by atoms with van der Waals surface area (Å²) < 4.78 is 38.8. The largest absolute Gasteiger partial charge is 0.456 e. The van der Waals surface area contributed by atoms with E-state index in [4.69, 9.17) is 25.6 Å². The van der Waals surface area contributed by atoms with Crippen LogP contribution in [0.5, 0.6) is 11.5 Å². The third-order valence-electron chi connectivity index (χ3n) is 7.27. The van der Waals surface area contributed by atoms with E-state index in [1.165, 1.54) is 12.1 Å². The fourth-order valence-corrected chi connectivity index (χ4v) is 6.59. The van der Waals surface area contributed by atoms with Crippen molar-refractivity contribution < 1.29 is 22.1 Å². The van der Waals surface area contributed by atoms with Crippen molar-refractivity contribution in [1.82, 2.24) is 9.78 Å². The number of carbonyl (C=O) groups is 1. The number of ether oxygens (including phenoxy) is 1. The molecule has 0 fully saturated rings. The molecule has 0 spiro atoms. The fourth-order valence-electron chi connectivity index (χ4n) is 5.44. The van der Waals surface area contributed by atoms with E-state index >= 15 is 0 Å². The molecular weight excluding hydrogens is 560 g/mol. The Bertz CT molecular complexity index is 1960. The van der Waals surface area contributed by atoms with Gasteiger partial charge in [0.05, 0.1) is 39.7 Å². The molecule has 1 aromatic heterocycles. The standard InChI is InChI=1S/C32H27ClN2O5S/c1-18-8-10-22(11-9-18)41(37,38)39-15-14-35-25-13-12-24(33)28-29(25)30(34-35)23-6-5-7-26(27(23)31(28)36)40-32-20(3)16-19(2)17-21(32)4/h5-13,16-17H,14-15H2,1-4H3. The first-order valence-electron chi connectivity index (χ1n) is 13.1. The van der Waals surface area contributed by atoms with Gasteiger partial charge >= 0.3 is 0 Å². The average molecular weight is 587 g/mol. The summed E-state index contributed by atoms with van der Waals surface area (Å²) >= 11 is 6.60. The highest BCUT2D eigenvalue weighted by molar-refractivity contribution is 7.86. The number of carbonyl (C=O) groups excluding carboxylic acids is 1. The summed E-state index contributed by atoms with van der Waals surface area (Å²) in [6.45, 7) is 7.87. The average Bonchev–Trinajstić information content (AvgIpc) is 3.28. The lowest BCUT2D eigenvalue weighted by molar-refractivity contribution is 0.103. The number of hydrogen-bond donors (Lipinski definition) is 0. The minimum Gasteiger partial charge on any atom is -0.456 e. The zero-order chi connectivity index (χ0) is 29.1. The van der Waals surface area contributed by atoms with Crippen LogP contribution in [0.25, 0.3) is 22.2 Å². The normalized spacial score (nSPS) is 12.6. The number of fused-ring (bicyclic) bond motifs is 2. The van der Waals surface area contributed by atoms with Gasteiger partial charge in [-0.15, -0.1) is 0 Å². The van der Waals surface area contributed by atoms with Crippen LogP contribution in [0, 0.1) is 27.7 Å². The highest BCUT2D eigenvalue weighted by atomic mass is 35.5. The molecular formula is C32H27ClN2O5S. The molecule has 1 heterocycles. The minimum absolute atomic E-state index is 0.0900. The number of benzene rings is 4. The first-order chi connectivity index (χ1) is 19.5. The van der Waals surface area contributed by atoms with E-state index in [1.807, 2.05) is 52.0 Å². The van der Waals surface area contributed by atoms with Gasteiger partial charge in [0.25, 0.3) is 10.1 Å². The third-order valence-corrected chi connectivity index (χ3v) is 8.91. The number of rotatable bonds is 7. The first kappa shape index (κ1) is 27.2. The Morgan fingerprint density at radius 1 is 0.878 bits per heavy atom. The van der Waals surface area contributed by atoms with Crippen LogP contribution in [-0.4, -0.2) is 30.6 Å². The topological polar surface area (TPSA) is 87.5 Å². The molecule has 0 aliphatic heterocycles. The Labute approximate surface area is 243 Å². The quantitative estimate of drug-likeness (QED) is 0.182. The van der Waals surface area contributed by atoms with Crippen LogP contribution in [0.1, 0.15) is 38.2 Å². The molecule has 9 heteroatoms. The van der Waals surface area contributed by atoms with E-state index in [-0.39, 0.29) is 23.8 Å². The molecule has 0 atom stereocenters. The van der Waals surface area contributed by atoms with Crippen molar-refractivity contribution >= 4 is 38.4 Å². The molecule has 7 nitrogen and oxygen atoms in total. The molecule has 208 valence electrons. The van der Waals surface area contributed by atoms with Gasteiger partial charge in [0.2, 0.25) is 0 Å². The molecule has 0 N–H and O–H groups in total. The lowest BCUT2D eigenvalue weighted by Crippen LogP contribution is -2.13. The molecule has 4 aromatic carbocycles. The van der Waals surface area contributed by atoms with E-state index in [0.29, 0.717) is 49.8 Å². The van der Waals surface area contributed by atoms with Gasteiger partial charge in [-0.3, -0.25) is 13.7 Å². The third kappa shape index (κ3) is 4.72. The smallest absolute Gasteiger partial charge is 0.297 e. The van der Waals surface area contributed by atoms with Crippen LogP contribution in [0.3, 0.4) is 0 Å². The van der Waals surface area contributed by atoms with Crippen molar-refractivity contribution in [2.75, 3.05) is 6.61 Å². The van der Waals surface area contributed by atoms with Crippen molar-refractivity contribution in [3.05, 3.63) is 105 Å². The lowest BCUT2D eigenvalue weighted by Gasteiger charge is -2.20. The van der Waals surface area contributed by atoms with E-state index in [9.17, 15) is 13.2 Å². The molecule has 41 heavy (non-hydrogen) atoms. The van der Waals surface area contributed by atoms with Gasteiger partial charge in [0.1, 0.15) is 17.2 Å². The molecule has 0 unspecified atom stereocenters. The molecule has 0 saturated carbocycles. The Hall–Kier alpha value is -3.98. The van der Waals surface area contributed by atoms with Gasteiger partial charge in [-0.05, 0) is 69.2 Å². The van der Waals surface area contributed by atoms with Gasteiger partial charge < -0.3 is 4.74 Å². The Morgan fingerprint density at radius 3 is 2.29 bits per heavy atom. The predicted octanol–water partition coefficient (Wildman–Crippen LogP) is 7.33. The number of aryl methyl sites for hydroxylation is 4. The second kappa shape index (κ2) is 10.1. The number of hydrogen-bond acceptors (Lipinski definition) is 6. The van der Waals surface area contributed by atoms with E-state index < -0.39 is 10.1 Å². The van der Waals surface area contributed by atoms with Gasteiger partial charge in [-0.2, -0.15) is 13.5 Å². The van der Waals surface area contributed by atoms with Crippen molar-refractivity contribution in [3.8, 4) is 22.8 Å². The monoisotopic (exact) mass is 586 g/mol. The second-order valence-corrected chi connectivity index (χ2v) is 12.3. The van der Waals surface area contributed by atoms with Crippen molar-refractivity contribution in [2.45, 2.75) is 39.1 Å². The summed E-state index contributed by atoms with van der Waals surface area (Å²) in [7, 11) is -3.94. The maximum absolute atomic E-state index is 14.0. The molecule has 6 rings (SSSR count). The van der Waals surface area contributed by atoms with Crippen LogP contribution in [0.2, 0.25) is 5.02 Å². The molecule has 1 aliphatic carbocycles. The molecule has 0 radical (unpaired) electrons. The summed E-state index contributed by atoms with van der Waals surface area (Å²) in [4.78, 5) is 14.1. The predicted molar refractivity (Wildman–Crippen MR) is 159 cm³/mol. The summed E-state index contributed by atoms with van der Waals surface area (Å²) in [5, 5.41) is 5.74. The second-order valence-electron chi connectivity index (χ2n) is 10.3. The molecule has 0 bridgehead atoms. The van der Waals surface area contributed by atoms with Crippen LogP contribution in [-0.2, 0) is 20.8 Å². The Morgan fingerprint density at radius 2 is 1.59 bits per heavy atom. The molecule has 5 aromatic rings. The van der Waals surface area contributed by atoms with Crippen molar-refractivity contribution in [1.29, 1.82) is 0 Å². The van der Waals surface area contributed by atoms with Gasteiger partial charge in [0.15, 0.2) is 5.78 Å². The Balaban J connectivity index is 1.38. The van der Waals surface area contributed by atoms with Crippen molar-refractivity contribution in [3.63, 3.8) is 0 Å². The van der Waals surface area contributed by atoms with E-state index in [0.717, 1.165) is 22.3 Å². The van der Waals surface area contributed by atoms with Crippen molar-refractivity contribution in [2.24, 2.45) is 0 Å². The zero-order valence-corrected chi connectivity index (χ0v) is 24.6. The number of nitrogens with zero attached hydrogens (tertiary/aromatic N) is 2. The number of aromatic nitrogens is 2. The molecule has 1 aliphatic rings. The SMILES string of the molecule is Cc1ccc(S(=O)(=O)OCCn2nc3c4c(c(Cl)ccc42)C(=O)c2c(Oc4c(C)cc(C)cc4C)cccc2-3)cc1. The van der Waals surface area contributed by atoms with Gasteiger partial charge in [-0.25, -0.2) is 0 Å². The van der Waals surface area contributed by atoms with Gasteiger partial charge in [0, 0.05) is 10.9 Å². The maximum atomic E-state index is 14.0. The van der Waals surface area contributed by atoms with Crippen LogP contribution in [0.4, 0.5) is 0 Å². The zero-order valence-electron chi connectivity index (χ0n) is 23.0. The van der Waals surface area contributed by atoms with Gasteiger partial charge in [-0.1, -0.05) is 59.1 Å². The fraction of sp³-hybridized carbons (Fsp3) is 0.188. The number of ketones is 1. The summed E-state index contributed by atoms with van der Waals surface area (Å²) in [6.07, 6.45) is 0. The number of halogens is 1. The minimum atomic E-state index is -3.94. The van der Waals surface area contributed by atoms with E-state index in [2.05, 4.69) is 0 Å².